The van der Waals surface area contributed by atoms with Gasteiger partial charge in [-0.3, -0.25) is 4.79 Å². The Morgan fingerprint density at radius 1 is 1.35 bits per heavy atom. The van der Waals surface area contributed by atoms with Gasteiger partial charge in [0, 0.05) is 35.6 Å². The third-order valence-electron chi connectivity index (χ3n) is 2.69. The van der Waals surface area contributed by atoms with Crippen molar-refractivity contribution in [2.75, 3.05) is 12.3 Å². The van der Waals surface area contributed by atoms with Gasteiger partial charge in [-0.15, -0.1) is 11.8 Å². The van der Waals surface area contributed by atoms with E-state index in [0.29, 0.717) is 12.3 Å². The lowest BCUT2D eigenvalue weighted by Gasteiger charge is -2.04. The molecule has 0 radical (unpaired) electrons. The largest absolute Gasteiger partial charge is 0.355 e. The van der Waals surface area contributed by atoms with Gasteiger partial charge in [-0.1, -0.05) is 23.7 Å². The molecule has 4 nitrogen and oxygen atoms in total. The SMILES string of the molecule is O=C(CSCc1ccc(Cl)cc1)NCCc1cnc[nH]1. The molecule has 0 fully saturated rings. The van der Waals surface area contributed by atoms with Crippen molar-refractivity contribution in [1.29, 1.82) is 0 Å². The van der Waals surface area contributed by atoms with Crippen LogP contribution in [0.4, 0.5) is 0 Å². The summed E-state index contributed by atoms with van der Waals surface area (Å²) in [6.07, 6.45) is 4.17. The second-order valence-electron chi connectivity index (χ2n) is 4.30. The van der Waals surface area contributed by atoms with Gasteiger partial charge in [-0.2, -0.15) is 0 Å². The fraction of sp³-hybridized carbons (Fsp3) is 0.286. The van der Waals surface area contributed by atoms with Crippen molar-refractivity contribution in [3.63, 3.8) is 0 Å². The van der Waals surface area contributed by atoms with Gasteiger partial charge in [0.05, 0.1) is 12.1 Å². The number of aromatic nitrogens is 2. The molecule has 0 saturated carbocycles. The molecule has 1 heterocycles. The number of thioether (sulfide) groups is 1. The Kier molecular flexibility index (Phi) is 5.95. The average molecular weight is 310 g/mol. The molecule has 0 spiro atoms. The molecule has 0 aliphatic heterocycles. The molecule has 2 rings (SSSR count). The van der Waals surface area contributed by atoms with Gasteiger partial charge in [0.1, 0.15) is 0 Å². The number of benzene rings is 1. The highest BCUT2D eigenvalue weighted by Gasteiger charge is 2.02. The summed E-state index contributed by atoms with van der Waals surface area (Å²) in [5.41, 5.74) is 2.20. The van der Waals surface area contributed by atoms with E-state index in [1.165, 1.54) is 5.56 Å². The van der Waals surface area contributed by atoms with Gasteiger partial charge in [-0.25, -0.2) is 4.98 Å². The normalized spacial score (nSPS) is 10.4. The Labute approximate surface area is 127 Å². The Hall–Kier alpha value is -1.46. The quantitative estimate of drug-likeness (QED) is 0.826. The second-order valence-corrected chi connectivity index (χ2v) is 5.72. The lowest BCUT2D eigenvalue weighted by atomic mass is 10.2. The van der Waals surface area contributed by atoms with Crippen molar-refractivity contribution in [1.82, 2.24) is 15.3 Å². The first-order chi connectivity index (χ1) is 9.74. The van der Waals surface area contributed by atoms with E-state index in [9.17, 15) is 4.79 Å². The molecule has 1 aromatic carbocycles. The summed E-state index contributed by atoms with van der Waals surface area (Å²) in [5.74, 6) is 1.33. The number of H-pyrrole nitrogens is 1. The van der Waals surface area contributed by atoms with E-state index in [1.807, 2.05) is 24.3 Å². The molecule has 2 aromatic rings. The molecule has 0 bridgehead atoms. The highest BCUT2D eigenvalue weighted by atomic mass is 35.5. The van der Waals surface area contributed by atoms with Crippen LogP contribution >= 0.6 is 23.4 Å². The van der Waals surface area contributed by atoms with E-state index in [-0.39, 0.29) is 5.91 Å². The van der Waals surface area contributed by atoms with Crippen LogP contribution in [-0.4, -0.2) is 28.2 Å². The number of carbonyl (C=O) groups excluding carboxylic acids is 1. The number of aromatic amines is 1. The average Bonchev–Trinajstić information content (AvgIpc) is 2.94. The van der Waals surface area contributed by atoms with Gasteiger partial charge in [0.2, 0.25) is 5.91 Å². The molecule has 2 N–H and O–H groups in total. The van der Waals surface area contributed by atoms with Crippen LogP contribution in [0.25, 0.3) is 0 Å². The number of hydrogen-bond acceptors (Lipinski definition) is 3. The molecule has 0 unspecified atom stereocenters. The zero-order chi connectivity index (χ0) is 14.2. The highest BCUT2D eigenvalue weighted by Crippen LogP contribution is 2.15. The number of nitrogens with one attached hydrogen (secondary N) is 2. The fourth-order valence-corrected chi connectivity index (χ4v) is 2.59. The lowest BCUT2D eigenvalue weighted by molar-refractivity contribution is -0.118. The molecular weight excluding hydrogens is 294 g/mol. The Morgan fingerprint density at radius 2 is 2.15 bits per heavy atom. The summed E-state index contributed by atoms with van der Waals surface area (Å²) < 4.78 is 0. The predicted molar refractivity (Wildman–Crippen MR) is 82.9 cm³/mol. The maximum atomic E-state index is 11.6. The second kappa shape index (κ2) is 7.97. The number of halogens is 1. The van der Waals surface area contributed by atoms with E-state index in [4.69, 9.17) is 11.6 Å². The molecular formula is C14H16ClN3OS. The molecule has 0 aliphatic carbocycles. The number of carbonyl (C=O) groups is 1. The molecule has 0 atom stereocenters. The van der Waals surface area contributed by atoms with Crippen LogP contribution in [0.1, 0.15) is 11.3 Å². The number of hydrogen-bond donors (Lipinski definition) is 2. The minimum atomic E-state index is 0.0588. The molecule has 1 amide bonds. The zero-order valence-electron chi connectivity index (χ0n) is 10.9. The van der Waals surface area contributed by atoms with Crippen LogP contribution in [0.2, 0.25) is 5.02 Å². The molecule has 20 heavy (non-hydrogen) atoms. The first kappa shape index (κ1) is 14.9. The third kappa shape index (κ3) is 5.27. The molecule has 1 aromatic heterocycles. The lowest BCUT2D eigenvalue weighted by Crippen LogP contribution is -2.27. The summed E-state index contributed by atoms with van der Waals surface area (Å²) in [7, 11) is 0. The van der Waals surface area contributed by atoms with E-state index in [2.05, 4.69) is 15.3 Å². The van der Waals surface area contributed by atoms with Gasteiger partial charge < -0.3 is 10.3 Å². The summed E-state index contributed by atoms with van der Waals surface area (Å²) in [4.78, 5) is 18.6. The summed E-state index contributed by atoms with van der Waals surface area (Å²) in [5, 5.41) is 3.62. The molecule has 0 aliphatic rings. The Bertz CT molecular complexity index is 528. The van der Waals surface area contributed by atoms with Crippen molar-refractivity contribution in [2.24, 2.45) is 0 Å². The van der Waals surface area contributed by atoms with Crippen molar-refractivity contribution < 1.29 is 4.79 Å². The van der Waals surface area contributed by atoms with Crippen LogP contribution in [0.3, 0.4) is 0 Å². The topological polar surface area (TPSA) is 57.8 Å². The number of rotatable bonds is 7. The van der Waals surface area contributed by atoms with Crippen LogP contribution in [0.5, 0.6) is 0 Å². The van der Waals surface area contributed by atoms with Crippen LogP contribution < -0.4 is 5.32 Å². The van der Waals surface area contributed by atoms with Gasteiger partial charge in [0.25, 0.3) is 0 Å². The predicted octanol–water partition coefficient (Wildman–Crippen LogP) is 2.66. The maximum absolute atomic E-state index is 11.6. The van der Waals surface area contributed by atoms with Crippen molar-refractivity contribution in [2.45, 2.75) is 12.2 Å². The fourth-order valence-electron chi connectivity index (χ4n) is 1.65. The minimum absolute atomic E-state index is 0.0588. The number of imidazole rings is 1. The van der Waals surface area contributed by atoms with E-state index in [0.717, 1.165) is 22.9 Å². The van der Waals surface area contributed by atoms with Crippen molar-refractivity contribution in [3.05, 3.63) is 53.1 Å². The van der Waals surface area contributed by atoms with E-state index in [1.54, 1.807) is 24.3 Å². The molecule has 6 heteroatoms. The van der Waals surface area contributed by atoms with Crippen molar-refractivity contribution in [3.8, 4) is 0 Å². The third-order valence-corrected chi connectivity index (χ3v) is 3.94. The van der Waals surface area contributed by atoms with Crippen LogP contribution in [-0.2, 0) is 17.0 Å². The van der Waals surface area contributed by atoms with Gasteiger partial charge in [-0.05, 0) is 17.7 Å². The zero-order valence-corrected chi connectivity index (χ0v) is 12.5. The standard InChI is InChI=1S/C14H16ClN3OS/c15-12-3-1-11(2-4-12)8-20-9-14(19)17-6-5-13-7-16-10-18-13/h1-4,7,10H,5-6,8-9H2,(H,16,18)(H,17,19). The van der Waals surface area contributed by atoms with Crippen molar-refractivity contribution >= 4 is 29.3 Å². The first-order valence-electron chi connectivity index (χ1n) is 6.30. The monoisotopic (exact) mass is 309 g/mol. The Balaban J connectivity index is 1.59. The van der Waals surface area contributed by atoms with Crippen LogP contribution in [0.15, 0.2) is 36.8 Å². The first-order valence-corrected chi connectivity index (χ1v) is 7.83. The number of nitrogens with zero attached hydrogens (tertiary/aromatic N) is 1. The van der Waals surface area contributed by atoms with Crippen LogP contribution in [0, 0.1) is 0 Å². The summed E-state index contributed by atoms with van der Waals surface area (Å²) in [6, 6.07) is 7.68. The van der Waals surface area contributed by atoms with Gasteiger partial charge >= 0.3 is 0 Å². The minimum Gasteiger partial charge on any atom is -0.355 e. The van der Waals surface area contributed by atoms with Gasteiger partial charge in [0.15, 0.2) is 0 Å². The van der Waals surface area contributed by atoms with E-state index >= 15 is 0 Å². The Morgan fingerprint density at radius 3 is 2.85 bits per heavy atom. The maximum Gasteiger partial charge on any atom is 0.230 e. The molecule has 0 saturated heterocycles. The smallest absolute Gasteiger partial charge is 0.230 e. The summed E-state index contributed by atoms with van der Waals surface area (Å²) in [6.45, 7) is 0.628. The van der Waals surface area contributed by atoms with E-state index < -0.39 is 0 Å². The number of amides is 1. The molecule has 106 valence electrons. The highest BCUT2D eigenvalue weighted by molar-refractivity contribution is 7.99. The summed E-state index contributed by atoms with van der Waals surface area (Å²) >= 11 is 7.41.